The summed E-state index contributed by atoms with van der Waals surface area (Å²) in [6, 6.07) is 8.46. The molecule has 10 nitrogen and oxygen atoms in total. The van der Waals surface area contributed by atoms with Crippen molar-refractivity contribution in [3.05, 3.63) is 53.6 Å². The largest absolute Gasteiger partial charge is 0.424 e. The van der Waals surface area contributed by atoms with Crippen molar-refractivity contribution in [2.24, 2.45) is 0 Å². The molecule has 1 saturated heterocycles. The second-order valence-corrected chi connectivity index (χ2v) is 7.38. The fourth-order valence-electron chi connectivity index (χ4n) is 3.36. The van der Waals surface area contributed by atoms with Crippen LogP contribution in [0.4, 0.5) is 19.0 Å². The van der Waals surface area contributed by atoms with Gasteiger partial charge in [0.05, 0.1) is 25.3 Å². The van der Waals surface area contributed by atoms with Crippen LogP contribution in [0.2, 0.25) is 0 Å². The fourth-order valence-corrected chi connectivity index (χ4v) is 3.36. The molecule has 0 bridgehead atoms. The SMILES string of the molecule is O=C(NCc1cc(-c2nc3cc(C(F)(F)F)c#cc3[nH]2)on1)c1cc(N2CCOCC2)ncn1. The van der Waals surface area contributed by atoms with Crippen LogP contribution in [0.1, 0.15) is 21.7 Å². The fraction of sp³-hybridized carbons (Fsp3) is 0.286. The van der Waals surface area contributed by atoms with E-state index in [2.05, 4.69) is 42.5 Å². The first-order chi connectivity index (χ1) is 16.4. The van der Waals surface area contributed by atoms with Gasteiger partial charge >= 0.3 is 6.18 Å². The number of carbonyl (C=O) groups excluding carboxylic acids is 1. The minimum absolute atomic E-state index is 0.0393. The van der Waals surface area contributed by atoms with Crippen molar-refractivity contribution in [2.75, 3.05) is 31.2 Å². The molecule has 4 heterocycles. The van der Waals surface area contributed by atoms with Crippen LogP contribution in [-0.4, -0.2) is 57.3 Å². The molecule has 34 heavy (non-hydrogen) atoms. The number of fused-ring (bicyclic) bond motifs is 1. The zero-order valence-corrected chi connectivity index (χ0v) is 17.4. The molecule has 0 unspecified atom stereocenters. The first-order valence-corrected chi connectivity index (χ1v) is 10.2. The number of amides is 1. The number of aromatic nitrogens is 5. The molecule has 0 radical (unpaired) electrons. The number of hydrogen-bond donors (Lipinski definition) is 2. The van der Waals surface area contributed by atoms with Gasteiger partial charge in [0.15, 0.2) is 5.82 Å². The molecule has 0 aliphatic carbocycles. The Morgan fingerprint density at radius 3 is 2.79 bits per heavy atom. The van der Waals surface area contributed by atoms with E-state index in [1.165, 1.54) is 12.4 Å². The summed E-state index contributed by atoms with van der Waals surface area (Å²) in [4.78, 5) is 29.7. The summed E-state index contributed by atoms with van der Waals surface area (Å²) < 4.78 is 49.2. The molecule has 13 heteroatoms. The molecule has 0 atom stereocenters. The number of nitrogens with one attached hydrogen (secondary N) is 2. The smallest absolute Gasteiger partial charge is 0.378 e. The van der Waals surface area contributed by atoms with E-state index in [4.69, 9.17) is 9.26 Å². The lowest BCUT2D eigenvalue weighted by Gasteiger charge is -2.27. The van der Waals surface area contributed by atoms with Gasteiger partial charge in [0, 0.05) is 25.2 Å². The Kier molecular flexibility index (Phi) is 5.50. The Bertz CT molecular complexity index is 1330. The molecule has 3 aromatic heterocycles. The molecule has 174 valence electrons. The minimum atomic E-state index is -4.55. The van der Waals surface area contributed by atoms with Crippen LogP contribution in [0, 0.1) is 12.1 Å². The van der Waals surface area contributed by atoms with E-state index in [1.807, 2.05) is 4.90 Å². The van der Waals surface area contributed by atoms with Crippen LogP contribution >= 0.6 is 0 Å². The van der Waals surface area contributed by atoms with Crippen LogP contribution in [0.25, 0.3) is 22.6 Å². The Morgan fingerprint density at radius 2 is 2.00 bits per heavy atom. The van der Waals surface area contributed by atoms with Gasteiger partial charge in [0.2, 0.25) is 5.76 Å². The van der Waals surface area contributed by atoms with Gasteiger partial charge in [-0.25, -0.2) is 15.0 Å². The number of nitrogens with zero attached hydrogens (tertiary/aromatic N) is 5. The van der Waals surface area contributed by atoms with Crippen LogP contribution in [0.15, 0.2) is 29.0 Å². The van der Waals surface area contributed by atoms with Crippen LogP contribution in [0.5, 0.6) is 0 Å². The summed E-state index contributed by atoms with van der Waals surface area (Å²) >= 11 is 0. The zero-order valence-electron chi connectivity index (χ0n) is 17.4. The number of halogens is 3. The summed E-state index contributed by atoms with van der Waals surface area (Å²) in [5.41, 5.74) is -0.0793. The van der Waals surface area contributed by atoms with E-state index in [1.54, 1.807) is 6.07 Å². The number of imidazole rings is 1. The number of rotatable bonds is 5. The number of carbonyl (C=O) groups is 1. The zero-order chi connectivity index (χ0) is 23.7. The van der Waals surface area contributed by atoms with Gasteiger partial charge < -0.3 is 24.5 Å². The molecule has 1 aliphatic rings. The van der Waals surface area contributed by atoms with Gasteiger partial charge in [-0.2, -0.15) is 13.2 Å². The average molecular weight is 471 g/mol. The molecule has 0 spiro atoms. The van der Waals surface area contributed by atoms with Crippen LogP contribution in [0.3, 0.4) is 0 Å². The highest BCUT2D eigenvalue weighted by molar-refractivity contribution is 5.92. The van der Waals surface area contributed by atoms with Gasteiger partial charge in [-0.3, -0.25) is 4.79 Å². The van der Waals surface area contributed by atoms with Gasteiger partial charge in [-0.15, -0.1) is 0 Å². The van der Waals surface area contributed by atoms with Crippen molar-refractivity contribution < 1.29 is 27.2 Å². The summed E-state index contributed by atoms with van der Waals surface area (Å²) in [5.74, 6) is 0.587. The van der Waals surface area contributed by atoms with E-state index in [9.17, 15) is 18.0 Å². The quantitative estimate of drug-likeness (QED) is 0.455. The number of aromatic amines is 1. The Morgan fingerprint density at radius 1 is 1.18 bits per heavy atom. The van der Waals surface area contributed by atoms with Crippen molar-refractivity contribution in [1.82, 2.24) is 30.4 Å². The monoisotopic (exact) mass is 471 g/mol. The summed E-state index contributed by atoms with van der Waals surface area (Å²) in [7, 11) is 0. The standard InChI is InChI=1S/C21H16F3N7O3/c22-21(23,24)12-1-2-14-15(7-12)29-19(28-14)17-8-13(30-34-17)10-25-20(32)16-9-18(27-11-26-16)31-3-5-33-6-4-31/h7-9,11H,3-6,10H2,(H,25,32)(H,28,29). The lowest BCUT2D eigenvalue weighted by atomic mass is 10.2. The van der Waals surface area contributed by atoms with Gasteiger partial charge in [-0.1, -0.05) is 11.2 Å². The average Bonchev–Trinajstić information content (AvgIpc) is 3.49. The first-order valence-electron chi connectivity index (χ1n) is 10.2. The molecule has 1 aliphatic heterocycles. The predicted molar refractivity (Wildman–Crippen MR) is 110 cm³/mol. The number of H-pyrrole nitrogens is 1. The molecule has 1 amide bonds. The normalized spacial score (nSPS) is 14.3. The van der Waals surface area contributed by atoms with E-state index in [0.717, 1.165) is 6.07 Å². The third kappa shape index (κ3) is 4.48. The molecule has 1 aromatic carbocycles. The molecule has 0 saturated carbocycles. The van der Waals surface area contributed by atoms with Crippen molar-refractivity contribution in [3.63, 3.8) is 0 Å². The van der Waals surface area contributed by atoms with Crippen molar-refractivity contribution in [3.8, 4) is 11.6 Å². The van der Waals surface area contributed by atoms with E-state index >= 15 is 0 Å². The number of morpholine rings is 1. The third-order valence-corrected chi connectivity index (χ3v) is 5.08. The molecule has 4 aromatic rings. The third-order valence-electron chi connectivity index (χ3n) is 5.08. The second kappa shape index (κ2) is 8.64. The van der Waals surface area contributed by atoms with Gasteiger partial charge in [-0.05, 0) is 12.1 Å². The molecular weight excluding hydrogens is 455 g/mol. The van der Waals surface area contributed by atoms with Gasteiger partial charge in [0.25, 0.3) is 5.91 Å². The lowest BCUT2D eigenvalue weighted by molar-refractivity contribution is -0.137. The first kappa shape index (κ1) is 21.7. The maximum Gasteiger partial charge on any atom is 0.424 e. The maximum atomic E-state index is 12.9. The lowest BCUT2D eigenvalue weighted by Crippen LogP contribution is -2.37. The number of hydrogen-bond acceptors (Lipinski definition) is 8. The van der Waals surface area contributed by atoms with Crippen LogP contribution < -0.4 is 10.2 Å². The van der Waals surface area contributed by atoms with Crippen molar-refractivity contribution in [1.29, 1.82) is 0 Å². The van der Waals surface area contributed by atoms with E-state index < -0.39 is 17.6 Å². The number of ether oxygens (including phenoxy) is 1. The van der Waals surface area contributed by atoms with Crippen molar-refractivity contribution >= 4 is 22.8 Å². The maximum absolute atomic E-state index is 12.9. The topological polar surface area (TPSA) is 122 Å². The number of anilines is 1. The molecular formula is C21H16F3N7O3. The van der Waals surface area contributed by atoms with Gasteiger partial charge in [0.1, 0.15) is 34.6 Å². The Hall–Kier alpha value is -4.18. The summed E-state index contributed by atoms with van der Waals surface area (Å²) in [5, 5.41) is 6.57. The van der Waals surface area contributed by atoms with Crippen LogP contribution in [-0.2, 0) is 17.5 Å². The van der Waals surface area contributed by atoms with E-state index in [0.29, 0.717) is 37.8 Å². The Labute approximate surface area is 190 Å². The van der Waals surface area contributed by atoms with Crippen molar-refractivity contribution in [2.45, 2.75) is 12.7 Å². The Balaban J connectivity index is 1.26. The molecule has 1 fully saturated rings. The highest BCUT2D eigenvalue weighted by Gasteiger charge is 2.31. The predicted octanol–water partition coefficient (Wildman–Crippen LogP) is 2.39. The molecule has 2 N–H and O–H groups in total. The number of alkyl halides is 3. The summed E-state index contributed by atoms with van der Waals surface area (Å²) in [6.07, 6.45) is -3.22. The second-order valence-electron chi connectivity index (χ2n) is 7.38. The summed E-state index contributed by atoms with van der Waals surface area (Å²) in [6.45, 7) is 2.57. The highest BCUT2D eigenvalue weighted by Crippen LogP contribution is 2.30. The minimum Gasteiger partial charge on any atom is -0.378 e. The molecule has 5 rings (SSSR count). The highest BCUT2D eigenvalue weighted by atomic mass is 19.4. The van der Waals surface area contributed by atoms with E-state index in [-0.39, 0.29) is 34.9 Å².